The Morgan fingerprint density at radius 1 is 1.16 bits per heavy atom. The summed E-state index contributed by atoms with van der Waals surface area (Å²) in [5.41, 5.74) is 0. The van der Waals surface area contributed by atoms with E-state index in [1.165, 1.54) is 0 Å². The van der Waals surface area contributed by atoms with E-state index in [1.807, 2.05) is 0 Å². The molecule has 0 saturated carbocycles. The topological polar surface area (TPSA) is 63.6 Å². The minimum atomic E-state index is -5.23. The molecule has 0 spiro atoms. The fourth-order valence-electron chi connectivity index (χ4n) is 1.04. The maximum Gasteiger partial charge on any atom is 0.375 e. The number of esters is 1. The van der Waals surface area contributed by atoms with Crippen molar-refractivity contribution in [1.29, 1.82) is 0 Å². The number of carboxylic acid groups (broad SMARTS) is 1. The highest BCUT2D eigenvalue weighted by Crippen LogP contribution is 2.43. The van der Waals surface area contributed by atoms with Gasteiger partial charge in [0.25, 0.3) is 0 Å². The number of carbonyl (C=O) groups excluding carboxylic acids is 1. The van der Waals surface area contributed by atoms with Crippen LogP contribution in [0.25, 0.3) is 0 Å². The molecule has 0 heterocycles. The summed E-state index contributed by atoms with van der Waals surface area (Å²) in [7, 11) is 0. The third-order valence-electron chi connectivity index (χ3n) is 2.08. The van der Waals surface area contributed by atoms with Crippen molar-refractivity contribution in [3.05, 3.63) is 12.2 Å². The van der Waals surface area contributed by atoms with Gasteiger partial charge in [-0.3, -0.25) is 0 Å². The molecule has 0 bridgehead atoms. The van der Waals surface area contributed by atoms with Crippen molar-refractivity contribution < 1.29 is 41.4 Å². The normalized spacial score (nSPS) is 15.8. The second kappa shape index (κ2) is 5.98. The molecular weight excluding hydrogens is 279 g/mol. The summed E-state index contributed by atoms with van der Waals surface area (Å²) in [5, 5.41) is 8.16. The first-order valence-corrected chi connectivity index (χ1v) is 4.94. The van der Waals surface area contributed by atoms with Crippen molar-refractivity contribution in [2.45, 2.75) is 32.1 Å². The van der Waals surface area contributed by atoms with Crippen LogP contribution in [0.3, 0.4) is 0 Å². The summed E-state index contributed by atoms with van der Waals surface area (Å²) in [5.74, 6) is -14.7. The van der Waals surface area contributed by atoms with Crippen LogP contribution in [0.4, 0.5) is 22.0 Å². The lowest BCUT2D eigenvalue weighted by Gasteiger charge is -2.34. The molecule has 0 aliphatic carbocycles. The van der Waals surface area contributed by atoms with E-state index in [2.05, 4.69) is 4.74 Å². The minimum Gasteiger partial charge on any atom is -0.478 e. The average Bonchev–Trinajstić information content (AvgIpc) is 2.25. The second-order valence-corrected chi connectivity index (χ2v) is 3.82. The standard InChI is InChI=1S/C10H11F5O4/c1-5(2)10(15,9(13,14)8(11)12)19-7(18)4-3-6(16)17/h3-5,8H,1-2H3,(H,16,17). The first kappa shape index (κ1) is 17.3. The molecule has 0 aromatic heterocycles. The largest absolute Gasteiger partial charge is 0.478 e. The lowest BCUT2D eigenvalue weighted by Crippen LogP contribution is -2.55. The second-order valence-electron chi connectivity index (χ2n) is 3.82. The van der Waals surface area contributed by atoms with Crippen molar-refractivity contribution >= 4 is 11.9 Å². The number of carbonyl (C=O) groups is 2. The first-order chi connectivity index (χ1) is 8.45. The maximum absolute atomic E-state index is 13.9. The fourth-order valence-corrected chi connectivity index (χ4v) is 1.04. The third-order valence-corrected chi connectivity index (χ3v) is 2.08. The number of hydrogen-bond donors (Lipinski definition) is 1. The molecule has 9 heteroatoms. The molecule has 0 amide bonds. The van der Waals surface area contributed by atoms with Gasteiger partial charge in [0.05, 0.1) is 0 Å². The fraction of sp³-hybridized carbons (Fsp3) is 0.600. The van der Waals surface area contributed by atoms with Gasteiger partial charge in [-0.25, -0.2) is 18.4 Å². The molecular formula is C10H11F5O4. The number of alkyl halides is 5. The van der Waals surface area contributed by atoms with E-state index < -0.39 is 36.1 Å². The molecule has 4 nitrogen and oxygen atoms in total. The lowest BCUT2D eigenvalue weighted by molar-refractivity contribution is -0.317. The molecule has 19 heavy (non-hydrogen) atoms. The van der Waals surface area contributed by atoms with Gasteiger partial charge in [-0.15, -0.1) is 0 Å². The van der Waals surface area contributed by atoms with Gasteiger partial charge in [-0.2, -0.15) is 13.2 Å². The molecule has 0 aromatic carbocycles. The summed E-state index contributed by atoms with van der Waals surface area (Å²) in [6.07, 6.45) is -4.05. The van der Waals surface area contributed by atoms with E-state index in [4.69, 9.17) is 5.11 Å². The number of hydrogen-bond acceptors (Lipinski definition) is 3. The zero-order valence-corrected chi connectivity index (χ0v) is 9.87. The van der Waals surface area contributed by atoms with Crippen LogP contribution in [-0.4, -0.2) is 35.2 Å². The summed E-state index contributed by atoms with van der Waals surface area (Å²) in [6, 6.07) is 0. The van der Waals surface area contributed by atoms with Crippen molar-refractivity contribution in [3.63, 3.8) is 0 Å². The Kier molecular flexibility index (Phi) is 5.46. The van der Waals surface area contributed by atoms with Gasteiger partial charge in [0.1, 0.15) is 0 Å². The van der Waals surface area contributed by atoms with Gasteiger partial charge < -0.3 is 9.84 Å². The van der Waals surface area contributed by atoms with E-state index in [-0.39, 0.29) is 12.2 Å². The lowest BCUT2D eigenvalue weighted by atomic mass is 9.97. The Balaban J connectivity index is 5.24. The van der Waals surface area contributed by atoms with Gasteiger partial charge in [0, 0.05) is 18.1 Å². The summed E-state index contributed by atoms with van der Waals surface area (Å²) in [6.45, 7) is 1.62. The van der Waals surface area contributed by atoms with E-state index >= 15 is 0 Å². The van der Waals surface area contributed by atoms with Crippen molar-refractivity contribution in [3.8, 4) is 0 Å². The summed E-state index contributed by atoms with van der Waals surface area (Å²) >= 11 is 0. The molecule has 0 rings (SSSR count). The van der Waals surface area contributed by atoms with Gasteiger partial charge in [-0.1, -0.05) is 13.8 Å². The Hall–Kier alpha value is -1.67. The summed E-state index contributed by atoms with van der Waals surface area (Å²) in [4.78, 5) is 21.0. The molecule has 1 atom stereocenters. The number of halogens is 5. The molecule has 0 radical (unpaired) electrons. The van der Waals surface area contributed by atoms with Crippen LogP contribution in [0.15, 0.2) is 12.2 Å². The number of ether oxygens (including phenoxy) is 1. The maximum atomic E-state index is 13.9. The van der Waals surface area contributed by atoms with E-state index in [1.54, 1.807) is 0 Å². The molecule has 0 aliphatic rings. The van der Waals surface area contributed by atoms with Crippen LogP contribution >= 0.6 is 0 Å². The van der Waals surface area contributed by atoms with Crippen molar-refractivity contribution in [2.75, 3.05) is 0 Å². The first-order valence-electron chi connectivity index (χ1n) is 4.94. The number of carboxylic acids is 1. The molecule has 1 N–H and O–H groups in total. The van der Waals surface area contributed by atoms with Crippen molar-refractivity contribution in [1.82, 2.24) is 0 Å². The van der Waals surface area contributed by atoms with Crippen LogP contribution in [0.2, 0.25) is 0 Å². The van der Waals surface area contributed by atoms with Gasteiger partial charge in [-0.05, 0) is 0 Å². The zero-order chi connectivity index (χ0) is 15.4. The molecule has 0 fully saturated rings. The van der Waals surface area contributed by atoms with Crippen LogP contribution in [0, 0.1) is 5.92 Å². The van der Waals surface area contributed by atoms with Crippen molar-refractivity contribution in [2.24, 2.45) is 5.92 Å². The number of rotatable bonds is 6. The highest BCUT2D eigenvalue weighted by atomic mass is 19.3. The highest BCUT2D eigenvalue weighted by molar-refractivity contribution is 5.90. The zero-order valence-electron chi connectivity index (χ0n) is 9.87. The van der Waals surface area contributed by atoms with E-state index in [9.17, 15) is 31.5 Å². The summed E-state index contributed by atoms with van der Waals surface area (Å²) < 4.78 is 68.0. The molecule has 0 aromatic rings. The minimum absolute atomic E-state index is 0.139. The van der Waals surface area contributed by atoms with Crippen LogP contribution in [0.5, 0.6) is 0 Å². The monoisotopic (exact) mass is 290 g/mol. The van der Waals surface area contributed by atoms with Crippen LogP contribution < -0.4 is 0 Å². The Labute approximate surface area is 104 Å². The van der Waals surface area contributed by atoms with Gasteiger partial charge in [0.15, 0.2) is 0 Å². The van der Waals surface area contributed by atoms with E-state index in [0.717, 1.165) is 13.8 Å². The molecule has 110 valence electrons. The Morgan fingerprint density at radius 3 is 1.95 bits per heavy atom. The van der Waals surface area contributed by atoms with Gasteiger partial charge in [0.2, 0.25) is 0 Å². The SMILES string of the molecule is CC(C)C(F)(OC(=O)C=CC(=O)O)C(F)(F)C(F)F. The Morgan fingerprint density at radius 2 is 1.63 bits per heavy atom. The van der Waals surface area contributed by atoms with Crippen LogP contribution in [0.1, 0.15) is 13.8 Å². The predicted molar refractivity (Wildman–Crippen MR) is 52.5 cm³/mol. The average molecular weight is 290 g/mol. The quantitative estimate of drug-likeness (QED) is 0.463. The smallest absolute Gasteiger partial charge is 0.375 e. The predicted octanol–water partition coefficient (Wildman–Crippen LogP) is 2.39. The van der Waals surface area contributed by atoms with Crippen LogP contribution in [-0.2, 0) is 14.3 Å². The highest BCUT2D eigenvalue weighted by Gasteiger charge is 2.66. The number of aliphatic carboxylic acids is 1. The Bertz CT molecular complexity index is 380. The molecule has 0 saturated heterocycles. The molecule has 0 aliphatic heterocycles. The van der Waals surface area contributed by atoms with Gasteiger partial charge >= 0.3 is 30.1 Å². The third kappa shape index (κ3) is 3.90. The van der Waals surface area contributed by atoms with E-state index in [0.29, 0.717) is 0 Å². The molecule has 1 unspecified atom stereocenters.